The van der Waals surface area contributed by atoms with Gasteiger partial charge < -0.3 is 8.98 Å². The predicted molar refractivity (Wildman–Crippen MR) is 101 cm³/mol. The fraction of sp³-hybridized carbons (Fsp3) is 0.167. The first-order valence-electron chi connectivity index (χ1n) is 7.78. The number of hydrogen-bond acceptors (Lipinski definition) is 6. The van der Waals surface area contributed by atoms with E-state index < -0.39 is 0 Å². The second-order valence-corrected chi connectivity index (χ2v) is 7.53. The van der Waals surface area contributed by atoms with E-state index in [0.29, 0.717) is 11.6 Å². The molecule has 4 rings (SSSR count). The van der Waals surface area contributed by atoms with Crippen molar-refractivity contribution in [3.8, 4) is 22.2 Å². The molecule has 0 saturated heterocycles. The number of aromatic nitrogens is 4. The predicted octanol–water partition coefficient (Wildman–Crippen LogP) is 4.80. The van der Waals surface area contributed by atoms with Crippen LogP contribution in [0.25, 0.3) is 22.2 Å². The van der Waals surface area contributed by atoms with Crippen LogP contribution in [0.5, 0.6) is 0 Å². The van der Waals surface area contributed by atoms with E-state index in [9.17, 15) is 0 Å². The van der Waals surface area contributed by atoms with Gasteiger partial charge in [0, 0.05) is 18.4 Å². The molecule has 1 aromatic carbocycles. The SMILES string of the molecule is Cc1ccc(-c2nnc(SCc3coc(-c4cccs4)n3)n2C)cc1. The number of thiophene rings is 1. The van der Waals surface area contributed by atoms with E-state index in [1.54, 1.807) is 29.4 Å². The highest BCUT2D eigenvalue weighted by Crippen LogP contribution is 2.28. The molecule has 0 N–H and O–H groups in total. The molecule has 0 aliphatic heterocycles. The molecule has 7 heteroatoms. The van der Waals surface area contributed by atoms with Crippen LogP contribution in [0.1, 0.15) is 11.3 Å². The maximum Gasteiger partial charge on any atom is 0.236 e. The molecule has 5 nitrogen and oxygen atoms in total. The van der Waals surface area contributed by atoms with Crippen LogP contribution in [-0.4, -0.2) is 19.7 Å². The molecule has 126 valence electrons. The number of thioether (sulfide) groups is 1. The Balaban J connectivity index is 1.48. The molecule has 0 bridgehead atoms. The molecule has 3 heterocycles. The van der Waals surface area contributed by atoms with Crippen molar-refractivity contribution in [1.82, 2.24) is 19.7 Å². The largest absolute Gasteiger partial charge is 0.444 e. The van der Waals surface area contributed by atoms with Gasteiger partial charge in [-0.25, -0.2) is 4.98 Å². The lowest BCUT2D eigenvalue weighted by molar-refractivity contribution is 0.575. The van der Waals surface area contributed by atoms with Crippen LogP contribution in [0.2, 0.25) is 0 Å². The van der Waals surface area contributed by atoms with Crippen molar-refractivity contribution in [2.24, 2.45) is 7.05 Å². The van der Waals surface area contributed by atoms with Crippen LogP contribution in [0.4, 0.5) is 0 Å². The number of rotatable bonds is 5. The molecule has 0 saturated carbocycles. The fourth-order valence-electron chi connectivity index (χ4n) is 2.42. The minimum Gasteiger partial charge on any atom is -0.444 e. The average molecular weight is 368 g/mol. The highest BCUT2D eigenvalue weighted by Gasteiger charge is 2.13. The van der Waals surface area contributed by atoms with E-state index in [-0.39, 0.29) is 0 Å². The van der Waals surface area contributed by atoms with Crippen LogP contribution in [0.3, 0.4) is 0 Å². The third-order valence-electron chi connectivity index (χ3n) is 3.78. The standard InChI is InChI=1S/C18H16N4OS2/c1-12-5-7-13(8-6-12)16-20-21-18(22(16)2)25-11-14-10-23-17(19-14)15-4-3-9-24-15/h3-10H,11H2,1-2H3. The molecule has 4 aromatic rings. The first-order chi connectivity index (χ1) is 12.2. The van der Waals surface area contributed by atoms with E-state index in [0.717, 1.165) is 27.1 Å². The third kappa shape index (κ3) is 3.38. The van der Waals surface area contributed by atoms with E-state index in [1.807, 2.05) is 29.1 Å². The number of oxazole rings is 1. The number of aryl methyl sites for hydroxylation is 1. The summed E-state index contributed by atoms with van der Waals surface area (Å²) in [5.74, 6) is 2.22. The van der Waals surface area contributed by atoms with E-state index in [4.69, 9.17) is 4.42 Å². The molecular formula is C18H16N4OS2. The summed E-state index contributed by atoms with van der Waals surface area (Å²) in [6.45, 7) is 2.07. The lowest BCUT2D eigenvalue weighted by Gasteiger charge is -2.03. The number of nitrogens with zero attached hydrogens (tertiary/aromatic N) is 4. The van der Waals surface area contributed by atoms with Gasteiger partial charge in [0.1, 0.15) is 6.26 Å². The summed E-state index contributed by atoms with van der Waals surface area (Å²) in [5, 5.41) is 11.5. The van der Waals surface area contributed by atoms with Crippen LogP contribution in [-0.2, 0) is 12.8 Å². The molecule has 0 radical (unpaired) electrons. The Hall–Kier alpha value is -2.38. The summed E-state index contributed by atoms with van der Waals surface area (Å²) >= 11 is 3.22. The van der Waals surface area contributed by atoms with Crippen molar-refractivity contribution >= 4 is 23.1 Å². The summed E-state index contributed by atoms with van der Waals surface area (Å²) in [6.07, 6.45) is 1.71. The molecule has 0 unspecified atom stereocenters. The Labute approximate surface area is 153 Å². The Morgan fingerprint density at radius 3 is 2.76 bits per heavy atom. The van der Waals surface area contributed by atoms with Crippen LogP contribution in [0.15, 0.2) is 57.6 Å². The van der Waals surface area contributed by atoms with Crippen molar-refractivity contribution in [3.05, 3.63) is 59.3 Å². The zero-order valence-corrected chi connectivity index (χ0v) is 15.5. The van der Waals surface area contributed by atoms with Crippen LogP contribution in [0, 0.1) is 6.92 Å². The van der Waals surface area contributed by atoms with E-state index >= 15 is 0 Å². The van der Waals surface area contributed by atoms with E-state index in [2.05, 4.69) is 46.4 Å². The number of hydrogen-bond donors (Lipinski definition) is 0. The van der Waals surface area contributed by atoms with Gasteiger partial charge in [-0.2, -0.15) is 0 Å². The second-order valence-electron chi connectivity index (χ2n) is 5.64. The van der Waals surface area contributed by atoms with Gasteiger partial charge in [0.05, 0.1) is 10.6 Å². The third-order valence-corrected chi connectivity index (χ3v) is 5.69. The quantitative estimate of drug-likeness (QED) is 0.474. The summed E-state index contributed by atoms with van der Waals surface area (Å²) in [5.41, 5.74) is 3.19. The van der Waals surface area contributed by atoms with Crippen molar-refractivity contribution in [2.75, 3.05) is 0 Å². The van der Waals surface area contributed by atoms with Gasteiger partial charge in [0.2, 0.25) is 5.89 Å². The molecule has 3 aromatic heterocycles. The Morgan fingerprint density at radius 2 is 2.00 bits per heavy atom. The minimum atomic E-state index is 0.670. The van der Waals surface area contributed by atoms with Gasteiger partial charge in [-0.05, 0) is 18.4 Å². The Morgan fingerprint density at radius 1 is 1.16 bits per heavy atom. The molecule has 0 aliphatic carbocycles. The zero-order chi connectivity index (χ0) is 17.2. The Bertz CT molecular complexity index is 971. The highest BCUT2D eigenvalue weighted by atomic mass is 32.2. The smallest absolute Gasteiger partial charge is 0.236 e. The van der Waals surface area contributed by atoms with Gasteiger partial charge in [-0.1, -0.05) is 47.7 Å². The summed E-state index contributed by atoms with van der Waals surface area (Å²) < 4.78 is 7.57. The number of benzene rings is 1. The van der Waals surface area contributed by atoms with Gasteiger partial charge in [-0.15, -0.1) is 21.5 Å². The molecule has 0 atom stereocenters. The maximum atomic E-state index is 5.56. The zero-order valence-electron chi connectivity index (χ0n) is 13.8. The fourth-order valence-corrected chi connectivity index (χ4v) is 3.86. The molecule has 0 spiro atoms. The topological polar surface area (TPSA) is 56.7 Å². The molecule has 0 aliphatic rings. The molecule has 0 amide bonds. The first-order valence-corrected chi connectivity index (χ1v) is 9.65. The van der Waals surface area contributed by atoms with Crippen molar-refractivity contribution in [3.63, 3.8) is 0 Å². The summed E-state index contributed by atoms with van der Waals surface area (Å²) in [6, 6.07) is 12.3. The lowest BCUT2D eigenvalue weighted by Crippen LogP contribution is -1.95. The second kappa shape index (κ2) is 6.85. The molecular weight excluding hydrogens is 352 g/mol. The van der Waals surface area contributed by atoms with Gasteiger partial charge in [0.15, 0.2) is 11.0 Å². The maximum absolute atomic E-state index is 5.56. The van der Waals surface area contributed by atoms with E-state index in [1.165, 1.54) is 5.56 Å². The average Bonchev–Trinajstić information content (AvgIpc) is 3.35. The van der Waals surface area contributed by atoms with Gasteiger partial charge in [-0.3, -0.25) is 0 Å². The first kappa shape index (κ1) is 16.1. The molecule has 0 fully saturated rings. The van der Waals surface area contributed by atoms with Crippen molar-refractivity contribution in [1.29, 1.82) is 0 Å². The molecule has 25 heavy (non-hydrogen) atoms. The minimum absolute atomic E-state index is 0.670. The normalized spacial score (nSPS) is 11.1. The monoisotopic (exact) mass is 368 g/mol. The summed E-state index contributed by atoms with van der Waals surface area (Å²) in [7, 11) is 1.98. The van der Waals surface area contributed by atoms with Crippen LogP contribution >= 0.6 is 23.1 Å². The van der Waals surface area contributed by atoms with Crippen molar-refractivity contribution < 1.29 is 4.42 Å². The van der Waals surface area contributed by atoms with Crippen molar-refractivity contribution in [2.45, 2.75) is 17.8 Å². The Kier molecular flexibility index (Phi) is 4.42. The highest BCUT2D eigenvalue weighted by molar-refractivity contribution is 7.98. The van der Waals surface area contributed by atoms with Gasteiger partial charge in [0.25, 0.3) is 0 Å². The summed E-state index contributed by atoms with van der Waals surface area (Å²) in [4.78, 5) is 5.58. The van der Waals surface area contributed by atoms with Crippen LogP contribution < -0.4 is 0 Å². The lowest BCUT2D eigenvalue weighted by atomic mass is 10.1. The van der Waals surface area contributed by atoms with Gasteiger partial charge >= 0.3 is 0 Å².